The van der Waals surface area contributed by atoms with Gasteiger partial charge in [0.25, 0.3) is 0 Å². The van der Waals surface area contributed by atoms with Crippen LogP contribution in [0.3, 0.4) is 0 Å². The van der Waals surface area contributed by atoms with Crippen LogP contribution in [0, 0.1) is 13.8 Å². The number of nitrogens with zero attached hydrogens (tertiary/aromatic N) is 2. The molecule has 0 saturated carbocycles. The van der Waals surface area contributed by atoms with Gasteiger partial charge in [-0.15, -0.1) is 0 Å². The zero-order valence-corrected chi connectivity index (χ0v) is 17.6. The van der Waals surface area contributed by atoms with Crippen LogP contribution in [0.25, 0.3) is 49.7 Å². The Morgan fingerprint density at radius 1 is 0.645 bits per heavy atom. The van der Waals surface area contributed by atoms with Crippen LogP contribution in [-0.4, -0.2) is 9.55 Å². The molecule has 0 radical (unpaired) electrons. The van der Waals surface area contributed by atoms with E-state index in [1.54, 1.807) is 0 Å². The summed E-state index contributed by atoms with van der Waals surface area (Å²) in [6, 6.07) is 34.5. The molecule has 0 saturated heterocycles. The predicted octanol–water partition coefficient (Wildman–Crippen LogP) is 7.62. The molecule has 2 heterocycles. The average molecular weight is 399 g/mol. The normalized spacial score (nSPS) is 11.5. The van der Waals surface area contributed by atoms with Crippen molar-refractivity contribution in [1.82, 2.24) is 9.55 Å². The molecule has 0 aliphatic rings. The lowest BCUT2D eigenvalue weighted by Crippen LogP contribution is -1.98. The van der Waals surface area contributed by atoms with Crippen LogP contribution in [0.5, 0.6) is 0 Å². The Morgan fingerprint density at radius 2 is 1.29 bits per heavy atom. The van der Waals surface area contributed by atoms with Crippen molar-refractivity contribution < 1.29 is 0 Å². The van der Waals surface area contributed by atoms with Gasteiger partial charge in [0.2, 0.25) is 0 Å². The molecule has 4 aromatic carbocycles. The van der Waals surface area contributed by atoms with Crippen molar-refractivity contribution in [1.29, 1.82) is 0 Å². The summed E-state index contributed by atoms with van der Waals surface area (Å²) in [7, 11) is 0. The van der Waals surface area contributed by atoms with Crippen LogP contribution in [0.2, 0.25) is 0 Å². The SMILES string of the molecule is Cc1cc(C)cc(-c2nc3ccccc3c3c4ccccc4n(-c4ccccc4)c23)c1. The van der Waals surface area contributed by atoms with Crippen molar-refractivity contribution in [3.05, 3.63) is 108 Å². The molecule has 2 aromatic heterocycles. The summed E-state index contributed by atoms with van der Waals surface area (Å²) in [4.78, 5) is 5.22. The lowest BCUT2D eigenvalue weighted by Gasteiger charge is -2.13. The Balaban J connectivity index is 1.91. The van der Waals surface area contributed by atoms with E-state index in [2.05, 4.69) is 115 Å². The molecule has 6 rings (SSSR count). The van der Waals surface area contributed by atoms with Crippen LogP contribution in [-0.2, 0) is 0 Å². The van der Waals surface area contributed by atoms with Gasteiger partial charge in [0.05, 0.1) is 22.2 Å². The van der Waals surface area contributed by atoms with E-state index >= 15 is 0 Å². The first kappa shape index (κ1) is 17.9. The van der Waals surface area contributed by atoms with Gasteiger partial charge in [-0.1, -0.05) is 71.8 Å². The number of fused-ring (bicyclic) bond motifs is 5. The van der Waals surface area contributed by atoms with E-state index in [9.17, 15) is 0 Å². The van der Waals surface area contributed by atoms with Gasteiger partial charge in [-0.25, -0.2) is 4.98 Å². The molecule has 0 spiro atoms. The van der Waals surface area contributed by atoms with Crippen LogP contribution in [0.15, 0.2) is 97.1 Å². The summed E-state index contributed by atoms with van der Waals surface area (Å²) >= 11 is 0. The number of hydrogen-bond donors (Lipinski definition) is 0. The molecule has 0 fully saturated rings. The number of benzene rings is 4. The summed E-state index contributed by atoms with van der Waals surface area (Å²) < 4.78 is 2.37. The molecule has 31 heavy (non-hydrogen) atoms. The van der Waals surface area contributed by atoms with Crippen molar-refractivity contribution in [2.24, 2.45) is 0 Å². The molecular formula is C29H22N2. The third-order valence-electron chi connectivity index (χ3n) is 6.01. The monoisotopic (exact) mass is 398 g/mol. The quantitative estimate of drug-likeness (QED) is 0.293. The topological polar surface area (TPSA) is 17.8 Å². The molecule has 0 aliphatic heterocycles. The highest BCUT2D eigenvalue weighted by molar-refractivity contribution is 6.23. The molecule has 148 valence electrons. The first-order chi connectivity index (χ1) is 15.2. The van der Waals surface area contributed by atoms with Crippen molar-refractivity contribution in [2.45, 2.75) is 13.8 Å². The van der Waals surface area contributed by atoms with Crippen molar-refractivity contribution in [3.8, 4) is 16.9 Å². The van der Waals surface area contributed by atoms with Crippen molar-refractivity contribution >= 4 is 32.7 Å². The third-order valence-corrected chi connectivity index (χ3v) is 6.01. The minimum Gasteiger partial charge on any atom is -0.307 e. The Labute approximate surface area is 181 Å². The average Bonchev–Trinajstić information content (AvgIpc) is 3.14. The van der Waals surface area contributed by atoms with Crippen molar-refractivity contribution in [3.63, 3.8) is 0 Å². The molecule has 0 aliphatic carbocycles. The summed E-state index contributed by atoms with van der Waals surface area (Å²) in [6.45, 7) is 4.31. The van der Waals surface area contributed by atoms with E-state index < -0.39 is 0 Å². The molecular weight excluding hydrogens is 376 g/mol. The minimum atomic E-state index is 1.03. The lowest BCUT2D eigenvalue weighted by molar-refractivity contribution is 1.17. The number of pyridine rings is 1. The fourth-order valence-corrected chi connectivity index (χ4v) is 4.85. The highest BCUT2D eigenvalue weighted by Gasteiger charge is 2.20. The lowest BCUT2D eigenvalue weighted by atomic mass is 10.0. The van der Waals surface area contributed by atoms with E-state index in [1.807, 2.05) is 0 Å². The summed E-state index contributed by atoms with van der Waals surface area (Å²) in [5.41, 5.74) is 9.23. The summed E-state index contributed by atoms with van der Waals surface area (Å²) in [5.74, 6) is 0. The van der Waals surface area contributed by atoms with Gasteiger partial charge in [0.15, 0.2) is 0 Å². The molecule has 2 heteroatoms. The second kappa shape index (κ2) is 6.82. The van der Waals surface area contributed by atoms with E-state index in [-0.39, 0.29) is 0 Å². The van der Waals surface area contributed by atoms with Crippen molar-refractivity contribution in [2.75, 3.05) is 0 Å². The van der Waals surface area contributed by atoms with E-state index in [0.717, 1.165) is 28.0 Å². The Hall–Kier alpha value is -3.91. The Kier molecular flexibility index (Phi) is 3.94. The fourth-order valence-electron chi connectivity index (χ4n) is 4.85. The van der Waals surface area contributed by atoms with Gasteiger partial charge < -0.3 is 4.57 Å². The first-order valence-electron chi connectivity index (χ1n) is 10.7. The minimum absolute atomic E-state index is 1.03. The number of para-hydroxylation sites is 3. The standard InChI is InChI=1S/C29H22N2/c1-19-16-20(2)18-21(17-19)28-29-27(23-12-6-8-14-25(23)30-28)24-13-7-9-15-26(24)31(29)22-10-4-3-5-11-22/h3-18H,1-2H3. The van der Waals surface area contributed by atoms with Crippen LogP contribution in [0.4, 0.5) is 0 Å². The van der Waals surface area contributed by atoms with Crippen LogP contribution in [0.1, 0.15) is 11.1 Å². The molecule has 2 nitrogen and oxygen atoms in total. The largest absolute Gasteiger partial charge is 0.307 e. The first-order valence-corrected chi connectivity index (χ1v) is 10.7. The van der Waals surface area contributed by atoms with Gasteiger partial charge in [-0.05, 0) is 50.2 Å². The number of aromatic nitrogens is 2. The molecule has 0 amide bonds. The van der Waals surface area contributed by atoms with Crippen LogP contribution < -0.4 is 0 Å². The number of hydrogen-bond acceptors (Lipinski definition) is 1. The zero-order chi connectivity index (χ0) is 20.9. The van der Waals surface area contributed by atoms with Gasteiger partial charge in [0.1, 0.15) is 0 Å². The smallest absolute Gasteiger partial charge is 0.0956 e. The number of rotatable bonds is 2. The highest BCUT2D eigenvalue weighted by Crippen LogP contribution is 2.41. The maximum Gasteiger partial charge on any atom is 0.0956 e. The van der Waals surface area contributed by atoms with Gasteiger partial charge in [-0.2, -0.15) is 0 Å². The highest BCUT2D eigenvalue weighted by atomic mass is 15.0. The van der Waals surface area contributed by atoms with E-state index in [0.29, 0.717) is 0 Å². The van der Waals surface area contributed by atoms with E-state index in [1.165, 1.54) is 32.8 Å². The fraction of sp³-hybridized carbons (Fsp3) is 0.0690. The van der Waals surface area contributed by atoms with Gasteiger partial charge in [0, 0.05) is 27.4 Å². The number of aryl methyl sites for hydroxylation is 2. The van der Waals surface area contributed by atoms with Crippen LogP contribution >= 0.6 is 0 Å². The van der Waals surface area contributed by atoms with Gasteiger partial charge in [-0.3, -0.25) is 0 Å². The maximum absolute atomic E-state index is 5.22. The third kappa shape index (κ3) is 2.76. The Bertz CT molecular complexity index is 1570. The predicted molar refractivity (Wildman–Crippen MR) is 131 cm³/mol. The maximum atomic E-state index is 5.22. The second-order valence-corrected chi connectivity index (χ2v) is 8.27. The zero-order valence-electron chi connectivity index (χ0n) is 17.6. The Morgan fingerprint density at radius 3 is 2.06 bits per heavy atom. The summed E-state index contributed by atoms with van der Waals surface area (Å²) in [6.07, 6.45) is 0. The molecule has 0 unspecified atom stereocenters. The summed E-state index contributed by atoms with van der Waals surface area (Å²) in [5, 5.41) is 3.71. The molecule has 0 atom stereocenters. The molecule has 0 bridgehead atoms. The van der Waals surface area contributed by atoms with Gasteiger partial charge >= 0.3 is 0 Å². The second-order valence-electron chi connectivity index (χ2n) is 8.27. The van der Waals surface area contributed by atoms with E-state index in [4.69, 9.17) is 4.98 Å². The molecule has 6 aromatic rings. The molecule has 0 N–H and O–H groups in total.